The summed E-state index contributed by atoms with van der Waals surface area (Å²) >= 11 is 5.85. The summed E-state index contributed by atoms with van der Waals surface area (Å²) in [5.74, 6) is -0.178. The molecule has 0 aliphatic heterocycles. The van der Waals surface area contributed by atoms with Crippen molar-refractivity contribution >= 4 is 28.9 Å². The van der Waals surface area contributed by atoms with E-state index < -0.39 is 0 Å². The third-order valence-electron chi connectivity index (χ3n) is 2.44. The Morgan fingerprint density at radius 3 is 2.78 bits per heavy atom. The van der Waals surface area contributed by atoms with Gasteiger partial charge >= 0.3 is 0 Å². The second-order valence-electron chi connectivity index (χ2n) is 3.77. The van der Waals surface area contributed by atoms with Gasteiger partial charge in [0.25, 0.3) is 0 Å². The van der Waals surface area contributed by atoms with E-state index in [0.29, 0.717) is 11.4 Å². The molecule has 0 unspecified atom stereocenters. The van der Waals surface area contributed by atoms with Gasteiger partial charge < -0.3 is 11.1 Å². The Morgan fingerprint density at radius 2 is 2.06 bits per heavy atom. The van der Waals surface area contributed by atoms with Gasteiger partial charge in [-0.25, -0.2) is 4.98 Å². The first-order valence-corrected chi connectivity index (χ1v) is 5.78. The van der Waals surface area contributed by atoms with E-state index in [1.54, 1.807) is 24.4 Å². The van der Waals surface area contributed by atoms with Gasteiger partial charge in [-0.1, -0.05) is 29.8 Å². The second kappa shape index (κ2) is 5.51. The fourth-order valence-corrected chi connectivity index (χ4v) is 1.71. The van der Waals surface area contributed by atoms with Crippen LogP contribution in [0.3, 0.4) is 0 Å². The highest BCUT2D eigenvalue weighted by Gasteiger charge is 2.08. The maximum atomic E-state index is 11.8. The number of halogens is 1. The van der Waals surface area contributed by atoms with Crippen molar-refractivity contribution in [3.63, 3.8) is 0 Å². The number of carbonyl (C=O) groups excluding carboxylic acids is 1. The highest BCUT2D eigenvalue weighted by molar-refractivity contribution is 6.32. The Balaban J connectivity index is 2.06. The molecule has 0 radical (unpaired) electrons. The molecule has 3 N–H and O–H groups in total. The molecule has 1 amide bonds. The van der Waals surface area contributed by atoms with Gasteiger partial charge in [0.15, 0.2) is 5.15 Å². The van der Waals surface area contributed by atoms with Crippen LogP contribution < -0.4 is 11.1 Å². The van der Waals surface area contributed by atoms with E-state index in [-0.39, 0.29) is 17.5 Å². The molecule has 0 spiro atoms. The molecule has 1 aromatic carbocycles. The number of anilines is 2. The lowest BCUT2D eigenvalue weighted by Gasteiger charge is -2.07. The highest BCUT2D eigenvalue weighted by Crippen LogP contribution is 2.18. The van der Waals surface area contributed by atoms with Crippen LogP contribution in [-0.4, -0.2) is 10.9 Å². The lowest BCUT2D eigenvalue weighted by Crippen LogP contribution is -2.15. The summed E-state index contributed by atoms with van der Waals surface area (Å²) in [5.41, 5.74) is 7.66. The van der Waals surface area contributed by atoms with Crippen molar-refractivity contribution in [2.45, 2.75) is 6.42 Å². The molecule has 1 aromatic heterocycles. The number of carbonyl (C=O) groups is 1. The number of amides is 1. The van der Waals surface area contributed by atoms with E-state index in [2.05, 4.69) is 10.3 Å². The zero-order chi connectivity index (χ0) is 13.0. The number of pyridine rings is 1. The number of hydrogen-bond donors (Lipinski definition) is 2. The molecule has 5 heteroatoms. The van der Waals surface area contributed by atoms with Crippen molar-refractivity contribution in [1.29, 1.82) is 0 Å². The van der Waals surface area contributed by atoms with Crippen molar-refractivity contribution in [1.82, 2.24) is 4.98 Å². The number of nitrogens with one attached hydrogen (secondary N) is 1. The molecule has 92 valence electrons. The number of nitrogen functional groups attached to an aromatic ring is 1. The molecule has 0 saturated carbocycles. The van der Waals surface area contributed by atoms with E-state index in [1.165, 1.54) is 0 Å². The van der Waals surface area contributed by atoms with Crippen molar-refractivity contribution in [2.75, 3.05) is 11.1 Å². The predicted molar refractivity (Wildman–Crippen MR) is 72.4 cm³/mol. The first-order valence-electron chi connectivity index (χ1n) is 5.40. The molecule has 0 atom stereocenters. The van der Waals surface area contributed by atoms with Crippen molar-refractivity contribution in [3.8, 4) is 0 Å². The number of nitrogens with two attached hydrogens (primary N) is 1. The summed E-state index contributed by atoms with van der Waals surface area (Å²) in [5, 5.41) is 2.97. The third-order valence-corrected chi connectivity index (χ3v) is 2.74. The molecule has 2 aromatic rings. The number of aromatic nitrogens is 1. The quantitative estimate of drug-likeness (QED) is 0.659. The van der Waals surface area contributed by atoms with Gasteiger partial charge in [0, 0.05) is 11.9 Å². The Morgan fingerprint density at radius 1 is 1.28 bits per heavy atom. The number of nitrogens with zero attached hydrogens (tertiary/aromatic N) is 1. The first kappa shape index (κ1) is 12.4. The normalized spacial score (nSPS) is 10.1. The van der Waals surface area contributed by atoms with Crippen LogP contribution >= 0.6 is 11.6 Å². The first-order chi connectivity index (χ1) is 8.66. The Labute approximate surface area is 110 Å². The Hall–Kier alpha value is -2.07. The van der Waals surface area contributed by atoms with Crippen LogP contribution in [0.4, 0.5) is 11.4 Å². The molecular formula is C13H12ClN3O. The van der Waals surface area contributed by atoms with Crippen molar-refractivity contribution in [3.05, 3.63) is 53.3 Å². The minimum absolute atomic E-state index is 0.178. The van der Waals surface area contributed by atoms with Crippen LogP contribution in [-0.2, 0) is 11.2 Å². The summed E-state index contributed by atoms with van der Waals surface area (Å²) in [6.07, 6.45) is 1.77. The van der Waals surface area contributed by atoms with Gasteiger partial charge in [-0.05, 0) is 23.8 Å². The zero-order valence-corrected chi connectivity index (χ0v) is 10.3. The molecule has 0 bridgehead atoms. The third kappa shape index (κ3) is 2.99. The fourth-order valence-electron chi connectivity index (χ4n) is 1.54. The number of rotatable bonds is 3. The standard InChI is InChI=1S/C13H12ClN3O/c14-13-11(6-3-7-16-13)17-12(18)8-9-4-1-2-5-10(9)15/h1-7H,8,15H2,(H,17,18). The predicted octanol–water partition coefficient (Wildman–Crippen LogP) is 2.50. The molecule has 0 saturated heterocycles. The minimum atomic E-state index is -0.178. The summed E-state index contributed by atoms with van der Waals surface area (Å²) in [6.45, 7) is 0. The number of hydrogen-bond acceptors (Lipinski definition) is 3. The number of para-hydroxylation sites is 1. The van der Waals surface area contributed by atoms with Crippen molar-refractivity contribution < 1.29 is 4.79 Å². The van der Waals surface area contributed by atoms with E-state index in [4.69, 9.17) is 17.3 Å². The van der Waals surface area contributed by atoms with E-state index in [9.17, 15) is 4.79 Å². The lowest BCUT2D eigenvalue weighted by molar-refractivity contribution is -0.115. The molecule has 4 nitrogen and oxygen atoms in total. The van der Waals surface area contributed by atoms with Gasteiger partial charge in [-0.15, -0.1) is 0 Å². The Bertz CT molecular complexity index is 522. The maximum Gasteiger partial charge on any atom is 0.228 e. The van der Waals surface area contributed by atoms with E-state index in [1.807, 2.05) is 18.2 Å². The van der Waals surface area contributed by atoms with Gasteiger partial charge in [0.05, 0.1) is 12.1 Å². The summed E-state index contributed by atoms with van der Waals surface area (Å²) < 4.78 is 0. The van der Waals surface area contributed by atoms with Crippen molar-refractivity contribution in [2.24, 2.45) is 0 Å². The van der Waals surface area contributed by atoms with Crippen LogP contribution in [0.15, 0.2) is 42.6 Å². The number of benzene rings is 1. The molecular weight excluding hydrogens is 250 g/mol. The molecule has 0 aliphatic carbocycles. The summed E-state index contributed by atoms with van der Waals surface area (Å²) in [7, 11) is 0. The van der Waals surface area contributed by atoms with Crippen LogP contribution in [0.1, 0.15) is 5.56 Å². The van der Waals surface area contributed by atoms with Gasteiger partial charge in [-0.2, -0.15) is 0 Å². The molecule has 0 fully saturated rings. The lowest BCUT2D eigenvalue weighted by atomic mass is 10.1. The highest BCUT2D eigenvalue weighted by atomic mass is 35.5. The smallest absolute Gasteiger partial charge is 0.228 e. The van der Waals surface area contributed by atoms with Crippen LogP contribution in [0.5, 0.6) is 0 Å². The maximum absolute atomic E-state index is 11.8. The zero-order valence-electron chi connectivity index (χ0n) is 9.56. The SMILES string of the molecule is Nc1ccccc1CC(=O)Nc1cccnc1Cl. The van der Waals surface area contributed by atoms with Crippen LogP contribution in [0, 0.1) is 0 Å². The molecule has 18 heavy (non-hydrogen) atoms. The van der Waals surface area contributed by atoms with Gasteiger partial charge in [0.2, 0.25) is 5.91 Å². The summed E-state index contributed by atoms with van der Waals surface area (Å²) in [4.78, 5) is 15.7. The van der Waals surface area contributed by atoms with E-state index in [0.717, 1.165) is 5.56 Å². The Kier molecular flexibility index (Phi) is 3.79. The van der Waals surface area contributed by atoms with Gasteiger partial charge in [-0.3, -0.25) is 4.79 Å². The largest absolute Gasteiger partial charge is 0.398 e. The topological polar surface area (TPSA) is 68.0 Å². The average molecular weight is 262 g/mol. The fraction of sp³-hybridized carbons (Fsp3) is 0.0769. The molecule has 2 rings (SSSR count). The van der Waals surface area contributed by atoms with Gasteiger partial charge in [0.1, 0.15) is 0 Å². The van der Waals surface area contributed by atoms with Crippen LogP contribution in [0.25, 0.3) is 0 Å². The van der Waals surface area contributed by atoms with Crippen LogP contribution in [0.2, 0.25) is 5.15 Å². The van der Waals surface area contributed by atoms with E-state index >= 15 is 0 Å². The summed E-state index contributed by atoms with van der Waals surface area (Å²) in [6, 6.07) is 10.7. The minimum Gasteiger partial charge on any atom is -0.398 e. The molecule has 0 aliphatic rings. The average Bonchev–Trinajstić information content (AvgIpc) is 2.35. The molecule has 1 heterocycles. The monoisotopic (exact) mass is 261 g/mol. The second-order valence-corrected chi connectivity index (χ2v) is 4.12.